The number of amides is 4. The van der Waals surface area contributed by atoms with Crippen LogP contribution in [0.3, 0.4) is 0 Å². The summed E-state index contributed by atoms with van der Waals surface area (Å²) in [7, 11) is 0. The molecular formula is C24H34N4O3. The predicted octanol–water partition coefficient (Wildman–Crippen LogP) is 3.23. The van der Waals surface area contributed by atoms with Crippen LogP contribution in [0.4, 0.5) is 10.5 Å². The molecule has 7 nitrogen and oxygen atoms in total. The summed E-state index contributed by atoms with van der Waals surface area (Å²) in [5.41, 5.74) is 0.411. The highest BCUT2D eigenvalue weighted by molar-refractivity contribution is 6.09. The number of likely N-dealkylation sites (tertiary alicyclic amines) is 1. The maximum atomic E-state index is 13.2. The van der Waals surface area contributed by atoms with E-state index in [2.05, 4.69) is 31.4 Å². The number of benzene rings is 1. The maximum Gasteiger partial charge on any atom is 0.325 e. The lowest BCUT2D eigenvalue weighted by Crippen LogP contribution is -2.51. The third-order valence-corrected chi connectivity index (χ3v) is 7.29. The molecule has 2 N–H and O–H groups in total. The molecule has 7 heteroatoms. The molecule has 31 heavy (non-hydrogen) atoms. The second kappa shape index (κ2) is 8.17. The summed E-state index contributed by atoms with van der Waals surface area (Å²) >= 11 is 0. The summed E-state index contributed by atoms with van der Waals surface area (Å²) in [5, 5.41) is 6.38. The van der Waals surface area contributed by atoms with Crippen molar-refractivity contribution in [3.8, 4) is 0 Å². The van der Waals surface area contributed by atoms with Gasteiger partial charge in [0.05, 0.1) is 0 Å². The van der Waals surface area contributed by atoms with E-state index in [1.807, 2.05) is 30.3 Å². The highest BCUT2D eigenvalue weighted by Gasteiger charge is 2.53. The van der Waals surface area contributed by atoms with E-state index >= 15 is 0 Å². The second-order valence-corrected chi connectivity index (χ2v) is 10.4. The number of carbonyl (C=O) groups is 3. The number of hydrogen-bond acceptors (Lipinski definition) is 4. The van der Waals surface area contributed by atoms with Crippen molar-refractivity contribution in [2.24, 2.45) is 11.3 Å². The van der Waals surface area contributed by atoms with E-state index in [1.54, 1.807) is 4.90 Å². The van der Waals surface area contributed by atoms with Gasteiger partial charge >= 0.3 is 6.03 Å². The van der Waals surface area contributed by atoms with Crippen molar-refractivity contribution < 1.29 is 14.4 Å². The Hall–Kier alpha value is -2.57. The second-order valence-electron chi connectivity index (χ2n) is 10.4. The summed E-state index contributed by atoms with van der Waals surface area (Å²) in [6.07, 6.45) is 3.97. The number of rotatable bonds is 4. The van der Waals surface area contributed by atoms with Crippen LogP contribution >= 0.6 is 0 Å². The van der Waals surface area contributed by atoms with Crippen LogP contribution in [0, 0.1) is 11.3 Å². The van der Waals surface area contributed by atoms with Crippen molar-refractivity contribution in [3.05, 3.63) is 30.3 Å². The third-order valence-electron chi connectivity index (χ3n) is 7.29. The van der Waals surface area contributed by atoms with Gasteiger partial charge in [0.15, 0.2) is 0 Å². The van der Waals surface area contributed by atoms with Crippen LogP contribution < -0.4 is 10.6 Å². The van der Waals surface area contributed by atoms with Gasteiger partial charge in [0.1, 0.15) is 12.1 Å². The monoisotopic (exact) mass is 426 g/mol. The SMILES string of the molecule is CC(C)(C)C1CCC2(CC1)NC(=O)N(CC(=O)N1CCC(Nc3ccccc3)C1)C2=O. The minimum Gasteiger partial charge on any atom is -0.380 e. The van der Waals surface area contributed by atoms with Crippen LogP contribution in [0.15, 0.2) is 30.3 Å². The van der Waals surface area contributed by atoms with Crippen LogP contribution in [-0.2, 0) is 9.59 Å². The first-order valence-electron chi connectivity index (χ1n) is 11.4. The summed E-state index contributed by atoms with van der Waals surface area (Å²) in [4.78, 5) is 41.5. The Morgan fingerprint density at radius 1 is 1.13 bits per heavy atom. The lowest BCUT2D eigenvalue weighted by molar-refractivity contribution is -0.139. The number of urea groups is 1. The summed E-state index contributed by atoms with van der Waals surface area (Å²) in [5.74, 6) is 0.148. The van der Waals surface area contributed by atoms with Crippen molar-refractivity contribution in [2.45, 2.75) is 64.5 Å². The molecule has 0 bridgehead atoms. The number of para-hydroxylation sites is 1. The topological polar surface area (TPSA) is 81.8 Å². The molecule has 168 valence electrons. The van der Waals surface area contributed by atoms with Crippen LogP contribution in [-0.4, -0.2) is 58.9 Å². The number of hydrogen-bond donors (Lipinski definition) is 2. The third kappa shape index (κ3) is 4.41. The largest absolute Gasteiger partial charge is 0.380 e. The van der Waals surface area contributed by atoms with Crippen molar-refractivity contribution in [1.82, 2.24) is 15.1 Å². The molecule has 0 radical (unpaired) electrons. The Morgan fingerprint density at radius 2 is 1.81 bits per heavy atom. The average Bonchev–Trinajstić information content (AvgIpc) is 3.27. The van der Waals surface area contributed by atoms with Crippen molar-refractivity contribution in [1.29, 1.82) is 0 Å². The van der Waals surface area contributed by atoms with Crippen molar-refractivity contribution in [3.63, 3.8) is 0 Å². The molecule has 1 unspecified atom stereocenters. The highest BCUT2D eigenvalue weighted by Crippen LogP contribution is 2.43. The molecule has 1 atom stereocenters. The fraction of sp³-hybridized carbons (Fsp3) is 0.625. The predicted molar refractivity (Wildman–Crippen MR) is 119 cm³/mol. The van der Waals surface area contributed by atoms with E-state index in [-0.39, 0.29) is 29.8 Å². The van der Waals surface area contributed by atoms with Gasteiger partial charge in [0.2, 0.25) is 5.91 Å². The van der Waals surface area contributed by atoms with Gasteiger partial charge in [-0.1, -0.05) is 39.0 Å². The average molecular weight is 427 g/mol. The molecular weight excluding hydrogens is 392 g/mol. The van der Waals surface area contributed by atoms with Gasteiger partial charge in [0.25, 0.3) is 5.91 Å². The standard InChI is InChI=1S/C24H34N4O3/c1-23(2,3)17-9-12-24(13-10-17)21(30)28(22(31)26-24)16-20(29)27-14-11-19(15-27)25-18-7-5-4-6-8-18/h4-8,17,19,25H,9-16H2,1-3H3,(H,26,31). The van der Waals surface area contributed by atoms with E-state index in [0.29, 0.717) is 31.8 Å². The number of imide groups is 1. The molecule has 2 heterocycles. The van der Waals surface area contributed by atoms with Crippen LogP contribution in [0.1, 0.15) is 52.9 Å². The molecule has 3 aliphatic rings. The van der Waals surface area contributed by atoms with Gasteiger partial charge in [-0.05, 0) is 55.6 Å². The Labute approximate surface area is 184 Å². The molecule has 4 amide bonds. The quantitative estimate of drug-likeness (QED) is 0.725. The summed E-state index contributed by atoms with van der Waals surface area (Å²) in [6, 6.07) is 9.68. The minimum absolute atomic E-state index is 0.165. The van der Waals surface area contributed by atoms with Crippen molar-refractivity contribution >= 4 is 23.5 Å². The van der Waals surface area contributed by atoms with Gasteiger partial charge in [0, 0.05) is 24.8 Å². The van der Waals surface area contributed by atoms with Gasteiger partial charge in [-0.15, -0.1) is 0 Å². The smallest absolute Gasteiger partial charge is 0.325 e. The van der Waals surface area contributed by atoms with Crippen LogP contribution in [0.5, 0.6) is 0 Å². The Morgan fingerprint density at radius 3 is 2.45 bits per heavy atom. The molecule has 1 saturated carbocycles. The number of nitrogens with zero attached hydrogens (tertiary/aromatic N) is 2. The first-order chi connectivity index (χ1) is 14.7. The zero-order valence-electron chi connectivity index (χ0n) is 18.8. The highest BCUT2D eigenvalue weighted by atomic mass is 16.2. The number of nitrogens with one attached hydrogen (secondary N) is 2. The number of carbonyl (C=O) groups excluding carboxylic acids is 3. The lowest BCUT2D eigenvalue weighted by atomic mass is 9.67. The Bertz CT molecular complexity index is 840. The van der Waals surface area contributed by atoms with E-state index in [0.717, 1.165) is 29.8 Å². The van der Waals surface area contributed by atoms with Gasteiger partial charge in [-0.3, -0.25) is 14.5 Å². The van der Waals surface area contributed by atoms with Gasteiger partial charge < -0.3 is 15.5 Å². The molecule has 2 saturated heterocycles. The fourth-order valence-corrected chi connectivity index (χ4v) is 5.25. The normalized spacial score (nSPS) is 28.9. The van der Waals surface area contributed by atoms with E-state index in [9.17, 15) is 14.4 Å². The molecule has 4 rings (SSSR count). The molecule has 1 aromatic rings. The molecule has 1 aromatic carbocycles. The molecule has 3 fully saturated rings. The zero-order chi connectivity index (χ0) is 22.2. The lowest BCUT2D eigenvalue weighted by Gasteiger charge is -2.40. The summed E-state index contributed by atoms with van der Waals surface area (Å²) in [6.45, 7) is 7.72. The molecule has 2 aliphatic heterocycles. The van der Waals surface area contributed by atoms with Gasteiger partial charge in [-0.2, -0.15) is 0 Å². The van der Waals surface area contributed by atoms with Crippen molar-refractivity contribution in [2.75, 3.05) is 25.0 Å². The minimum atomic E-state index is -0.818. The van der Waals surface area contributed by atoms with Crippen LogP contribution in [0.25, 0.3) is 0 Å². The summed E-state index contributed by atoms with van der Waals surface area (Å²) < 4.78 is 0. The zero-order valence-corrected chi connectivity index (χ0v) is 18.8. The fourth-order valence-electron chi connectivity index (χ4n) is 5.25. The van der Waals surface area contributed by atoms with Gasteiger partial charge in [-0.25, -0.2) is 4.79 Å². The first kappa shape index (κ1) is 21.7. The van der Waals surface area contributed by atoms with Crippen LogP contribution in [0.2, 0.25) is 0 Å². The molecule has 0 aromatic heterocycles. The molecule has 1 spiro atoms. The van der Waals surface area contributed by atoms with E-state index in [1.165, 1.54) is 0 Å². The van der Waals surface area contributed by atoms with E-state index < -0.39 is 11.6 Å². The Kier molecular flexibility index (Phi) is 5.71. The molecule has 1 aliphatic carbocycles. The Balaban J connectivity index is 1.33. The number of anilines is 1. The van der Waals surface area contributed by atoms with E-state index in [4.69, 9.17) is 0 Å². The maximum absolute atomic E-state index is 13.2. The first-order valence-corrected chi connectivity index (χ1v) is 11.4.